The van der Waals surface area contributed by atoms with Gasteiger partial charge in [0, 0.05) is 20.3 Å². The van der Waals surface area contributed by atoms with Crippen LogP contribution in [0.1, 0.15) is 0 Å². The number of sulfonamides is 1. The molecule has 0 amide bonds. The Morgan fingerprint density at radius 1 is 1.39 bits per heavy atom. The molecule has 0 aliphatic carbocycles. The van der Waals surface area contributed by atoms with Crippen LogP contribution in [0, 0.1) is 0 Å². The van der Waals surface area contributed by atoms with Gasteiger partial charge < -0.3 is 10.3 Å². The third-order valence-corrected chi connectivity index (χ3v) is 3.35. The summed E-state index contributed by atoms with van der Waals surface area (Å²) in [5.74, 6) is 0. The normalized spacial score (nSPS) is 11.2. The van der Waals surface area contributed by atoms with Gasteiger partial charge >= 0.3 is 5.69 Å². The summed E-state index contributed by atoms with van der Waals surface area (Å²) in [5, 5.41) is -0.305. The smallest absolute Gasteiger partial charge is 0.330 e. The molecular formula is C7H11N5O4S2. The number of nitrogens with one attached hydrogen (secondary N) is 2. The van der Waals surface area contributed by atoms with E-state index in [0.717, 1.165) is 10.8 Å². The molecule has 0 aliphatic heterocycles. The van der Waals surface area contributed by atoms with Gasteiger partial charge in [-0.15, -0.1) is 4.83 Å². The Morgan fingerprint density at radius 2 is 1.94 bits per heavy atom. The minimum atomic E-state index is -4.17. The maximum Gasteiger partial charge on any atom is 0.330 e. The second-order valence-corrected chi connectivity index (χ2v) is 5.44. The predicted octanol–water partition coefficient (Wildman–Crippen LogP) is -2.89. The van der Waals surface area contributed by atoms with Gasteiger partial charge in [0.15, 0.2) is 10.0 Å². The second-order valence-electron chi connectivity index (χ2n) is 3.35. The highest BCUT2D eigenvalue weighted by Crippen LogP contribution is 1.97. The Kier molecular flexibility index (Phi) is 3.88. The van der Waals surface area contributed by atoms with Crippen LogP contribution in [0.5, 0.6) is 0 Å². The number of aromatic nitrogens is 2. The van der Waals surface area contributed by atoms with Crippen LogP contribution in [0.15, 0.2) is 20.7 Å². The van der Waals surface area contributed by atoms with E-state index in [1.165, 1.54) is 14.1 Å². The third kappa shape index (κ3) is 2.75. The van der Waals surface area contributed by atoms with Crippen molar-refractivity contribution in [1.82, 2.24) is 19.4 Å². The minimum absolute atomic E-state index is 0.305. The SMILES string of the molecule is Cn1cc(S(=O)(=O)NNC(N)=S)c(=O)n(C)c1=O. The number of nitrogens with zero attached hydrogens (tertiary/aromatic N) is 2. The molecule has 0 atom stereocenters. The van der Waals surface area contributed by atoms with Gasteiger partial charge in [0.2, 0.25) is 0 Å². The third-order valence-electron chi connectivity index (χ3n) is 2.01. The number of nitrogens with two attached hydrogens (primary N) is 1. The molecule has 100 valence electrons. The van der Waals surface area contributed by atoms with Gasteiger partial charge in [-0.25, -0.2) is 13.2 Å². The lowest BCUT2D eigenvalue weighted by atomic mass is 10.6. The summed E-state index contributed by atoms with van der Waals surface area (Å²) >= 11 is 4.42. The van der Waals surface area contributed by atoms with Gasteiger partial charge in [-0.05, 0) is 12.2 Å². The van der Waals surface area contributed by atoms with Crippen molar-refractivity contribution in [2.75, 3.05) is 0 Å². The summed E-state index contributed by atoms with van der Waals surface area (Å²) in [5.41, 5.74) is 5.47. The van der Waals surface area contributed by atoms with Crippen molar-refractivity contribution in [1.29, 1.82) is 0 Å². The molecule has 0 aromatic carbocycles. The Hall–Kier alpha value is -1.72. The molecule has 1 aromatic heterocycles. The van der Waals surface area contributed by atoms with Crippen molar-refractivity contribution in [2.45, 2.75) is 4.90 Å². The van der Waals surface area contributed by atoms with E-state index in [1.54, 1.807) is 0 Å². The molecule has 9 nitrogen and oxygen atoms in total. The average Bonchev–Trinajstić information content (AvgIpc) is 2.28. The molecule has 4 N–H and O–H groups in total. The van der Waals surface area contributed by atoms with Crippen LogP contribution < -0.4 is 27.2 Å². The molecule has 11 heteroatoms. The Morgan fingerprint density at radius 3 is 2.44 bits per heavy atom. The van der Waals surface area contributed by atoms with Crippen LogP contribution in [0.3, 0.4) is 0 Å². The highest BCUT2D eigenvalue weighted by molar-refractivity contribution is 7.89. The first-order valence-electron chi connectivity index (χ1n) is 4.50. The first-order chi connectivity index (χ1) is 8.16. The number of hydrogen-bond donors (Lipinski definition) is 3. The lowest BCUT2D eigenvalue weighted by molar-refractivity contribution is 0.567. The van der Waals surface area contributed by atoms with Gasteiger partial charge in [0.25, 0.3) is 15.6 Å². The fraction of sp³-hybridized carbons (Fsp3) is 0.286. The first kappa shape index (κ1) is 14.3. The van der Waals surface area contributed by atoms with Crippen LogP contribution in [-0.2, 0) is 24.1 Å². The monoisotopic (exact) mass is 293 g/mol. The zero-order valence-corrected chi connectivity index (χ0v) is 11.1. The highest BCUT2D eigenvalue weighted by Gasteiger charge is 2.21. The molecule has 0 unspecified atom stereocenters. The van der Waals surface area contributed by atoms with E-state index < -0.39 is 26.2 Å². The minimum Gasteiger partial charge on any atom is -0.375 e. The molecule has 0 bridgehead atoms. The Labute approximate surface area is 107 Å². The summed E-state index contributed by atoms with van der Waals surface area (Å²) in [6.45, 7) is 0. The fourth-order valence-corrected chi connectivity index (χ4v) is 2.27. The van der Waals surface area contributed by atoms with Crippen molar-refractivity contribution in [3.05, 3.63) is 27.0 Å². The standard InChI is InChI=1S/C7H11N5O4S2/c1-11-3-4(5(13)12(2)7(11)14)18(15,16)10-9-6(8)17/h3,10H,1-2H3,(H3,8,9,17). The van der Waals surface area contributed by atoms with Gasteiger partial charge in [0.1, 0.15) is 0 Å². The highest BCUT2D eigenvalue weighted by atomic mass is 32.2. The van der Waals surface area contributed by atoms with Gasteiger partial charge in [0.05, 0.1) is 0 Å². The summed E-state index contributed by atoms with van der Waals surface area (Å²) in [6.07, 6.45) is 0.911. The molecule has 0 saturated carbocycles. The topological polar surface area (TPSA) is 128 Å². The van der Waals surface area contributed by atoms with E-state index in [9.17, 15) is 18.0 Å². The van der Waals surface area contributed by atoms with Gasteiger partial charge in [-0.3, -0.25) is 14.8 Å². The van der Waals surface area contributed by atoms with E-state index >= 15 is 0 Å². The molecular weight excluding hydrogens is 282 g/mol. The van der Waals surface area contributed by atoms with Gasteiger partial charge in [-0.2, -0.15) is 0 Å². The quantitative estimate of drug-likeness (QED) is 0.403. The molecule has 0 fully saturated rings. The molecule has 0 spiro atoms. The number of hydrogen-bond acceptors (Lipinski definition) is 5. The number of rotatable bonds is 3. The van der Waals surface area contributed by atoms with Crippen LogP contribution in [0.4, 0.5) is 0 Å². The Bertz CT molecular complexity index is 702. The van der Waals surface area contributed by atoms with Crippen LogP contribution >= 0.6 is 12.2 Å². The van der Waals surface area contributed by atoms with Gasteiger partial charge in [-0.1, -0.05) is 0 Å². The molecule has 1 heterocycles. The molecule has 18 heavy (non-hydrogen) atoms. The van der Waals surface area contributed by atoms with Crippen LogP contribution in [0.25, 0.3) is 0 Å². The molecule has 0 aliphatic rings. The summed E-state index contributed by atoms with van der Waals surface area (Å²) in [4.78, 5) is 24.3. The fourth-order valence-electron chi connectivity index (χ4n) is 1.13. The van der Waals surface area contributed by atoms with Crippen LogP contribution in [0.2, 0.25) is 0 Å². The lowest BCUT2D eigenvalue weighted by Crippen LogP contribution is -2.47. The largest absolute Gasteiger partial charge is 0.375 e. The predicted molar refractivity (Wildman–Crippen MR) is 67.2 cm³/mol. The van der Waals surface area contributed by atoms with Crippen molar-refractivity contribution in [2.24, 2.45) is 19.8 Å². The van der Waals surface area contributed by atoms with Crippen molar-refractivity contribution >= 4 is 27.4 Å². The number of hydrazine groups is 1. The van der Waals surface area contributed by atoms with Crippen LogP contribution in [-0.4, -0.2) is 22.7 Å². The average molecular weight is 293 g/mol. The van der Waals surface area contributed by atoms with E-state index in [1.807, 2.05) is 10.3 Å². The van der Waals surface area contributed by atoms with E-state index in [-0.39, 0.29) is 5.11 Å². The van der Waals surface area contributed by atoms with E-state index in [0.29, 0.717) is 4.57 Å². The lowest BCUT2D eigenvalue weighted by Gasteiger charge is -2.09. The summed E-state index contributed by atoms with van der Waals surface area (Å²) in [7, 11) is -1.68. The summed E-state index contributed by atoms with van der Waals surface area (Å²) in [6, 6.07) is 0. The van der Waals surface area contributed by atoms with Crippen molar-refractivity contribution in [3.8, 4) is 0 Å². The number of thiocarbonyl (C=S) groups is 1. The zero-order valence-electron chi connectivity index (χ0n) is 9.50. The van der Waals surface area contributed by atoms with Crippen molar-refractivity contribution in [3.63, 3.8) is 0 Å². The molecule has 0 radical (unpaired) electrons. The maximum atomic E-state index is 11.8. The number of aryl methyl sites for hydroxylation is 1. The molecule has 1 aromatic rings. The zero-order chi connectivity index (χ0) is 14.1. The molecule has 1 rings (SSSR count). The Balaban J connectivity index is 3.39. The second kappa shape index (κ2) is 4.88. The maximum absolute atomic E-state index is 11.8. The van der Waals surface area contributed by atoms with E-state index in [4.69, 9.17) is 5.73 Å². The van der Waals surface area contributed by atoms with Crippen molar-refractivity contribution < 1.29 is 8.42 Å². The van der Waals surface area contributed by atoms with E-state index in [2.05, 4.69) is 12.2 Å². The first-order valence-corrected chi connectivity index (χ1v) is 6.40. The molecule has 0 saturated heterocycles. The summed E-state index contributed by atoms with van der Waals surface area (Å²) < 4.78 is 25.2.